The molecule has 0 spiro atoms. The zero-order valence-electron chi connectivity index (χ0n) is 22.3. The average molecular weight is 461 g/mol. The van der Waals surface area contributed by atoms with Gasteiger partial charge in [0.05, 0.1) is 27.2 Å². The second-order valence-corrected chi connectivity index (χ2v) is 13.2. The molecule has 0 N–H and O–H groups in total. The van der Waals surface area contributed by atoms with Crippen LogP contribution in [-0.2, 0) is 13.3 Å². The number of nitrogens with zero attached hydrogens (tertiary/aromatic N) is 1. The van der Waals surface area contributed by atoms with Crippen LogP contribution in [0.3, 0.4) is 0 Å². The Hall–Kier alpha value is 0.0569. The Morgan fingerprint density at radius 3 is 1.16 bits per heavy atom. The van der Waals surface area contributed by atoms with Crippen LogP contribution in [0.5, 0.6) is 0 Å². The number of hydrogen-bond acceptors (Lipinski definition) is 3. The Bertz CT molecular complexity index is 367. The molecule has 4 nitrogen and oxygen atoms in total. The van der Waals surface area contributed by atoms with Gasteiger partial charge in [0.2, 0.25) is 0 Å². The smallest absolute Gasteiger partial charge is 0.377 e. The van der Waals surface area contributed by atoms with Gasteiger partial charge in [-0.15, -0.1) is 0 Å². The minimum absolute atomic E-state index is 0.920. The summed E-state index contributed by atoms with van der Waals surface area (Å²) in [6.45, 7) is 4.87. The van der Waals surface area contributed by atoms with E-state index in [1.807, 2.05) is 0 Å². The van der Waals surface area contributed by atoms with Crippen LogP contribution >= 0.6 is 0 Å². The molecule has 5 heteroatoms. The topological polar surface area (TPSA) is 27.7 Å². The van der Waals surface area contributed by atoms with Gasteiger partial charge < -0.3 is 17.8 Å². The minimum atomic E-state index is -2.37. The monoisotopic (exact) mass is 460 g/mol. The third kappa shape index (κ3) is 18.2. The van der Waals surface area contributed by atoms with E-state index in [0.29, 0.717) is 0 Å². The van der Waals surface area contributed by atoms with E-state index >= 15 is 0 Å². The average Bonchev–Trinajstić information content (AvgIpc) is 2.77. The van der Waals surface area contributed by atoms with Gasteiger partial charge in [-0.1, -0.05) is 84.0 Å². The van der Waals surface area contributed by atoms with Crippen molar-refractivity contribution in [1.29, 1.82) is 0 Å². The van der Waals surface area contributed by atoms with E-state index in [1.54, 1.807) is 21.3 Å². The first-order chi connectivity index (χ1) is 14.9. The van der Waals surface area contributed by atoms with Crippen molar-refractivity contribution in [1.82, 2.24) is 0 Å². The molecule has 0 aliphatic heterocycles. The van der Waals surface area contributed by atoms with Crippen molar-refractivity contribution in [2.24, 2.45) is 0 Å². The molecular formula is C26H58NO3Si+. The number of unbranched alkanes of at least 4 members (excludes halogenated alkanes) is 15. The van der Waals surface area contributed by atoms with Gasteiger partial charge >= 0.3 is 8.80 Å². The third-order valence-electron chi connectivity index (χ3n) is 6.80. The summed E-state index contributed by atoms with van der Waals surface area (Å²) < 4.78 is 17.7. The Balaban J connectivity index is 3.50. The lowest BCUT2D eigenvalue weighted by atomic mass is 10.0. The molecule has 0 aromatic heterocycles. The molecule has 31 heavy (non-hydrogen) atoms. The van der Waals surface area contributed by atoms with Gasteiger partial charge in [0.15, 0.2) is 0 Å². The molecule has 0 aliphatic carbocycles. The fraction of sp³-hybridized carbons (Fsp3) is 1.00. The van der Waals surface area contributed by atoms with Crippen LogP contribution in [0.25, 0.3) is 0 Å². The maximum atomic E-state index is 5.51. The van der Waals surface area contributed by atoms with Crippen LogP contribution < -0.4 is 0 Å². The van der Waals surface area contributed by atoms with Crippen molar-refractivity contribution in [2.75, 3.05) is 48.5 Å². The van der Waals surface area contributed by atoms with Crippen molar-refractivity contribution >= 4 is 8.80 Å². The second-order valence-electron chi connectivity index (χ2n) is 10.1. The summed E-state index contributed by atoms with van der Waals surface area (Å²) in [5.41, 5.74) is 0. The predicted molar refractivity (Wildman–Crippen MR) is 138 cm³/mol. The summed E-state index contributed by atoms with van der Waals surface area (Å²) in [6.07, 6.45) is 23.7. The number of hydrogen-bond donors (Lipinski definition) is 0. The molecule has 0 saturated heterocycles. The zero-order valence-corrected chi connectivity index (χ0v) is 23.3. The first kappa shape index (κ1) is 31.1. The largest absolute Gasteiger partial charge is 0.500 e. The van der Waals surface area contributed by atoms with Gasteiger partial charge in [-0.05, 0) is 32.1 Å². The maximum Gasteiger partial charge on any atom is 0.500 e. The number of quaternary nitrogens is 1. The van der Waals surface area contributed by atoms with E-state index in [4.69, 9.17) is 13.3 Å². The van der Waals surface area contributed by atoms with Crippen LogP contribution in [-0.4, -0.2) is 61.8 Å². The van der Waals surface area contributed by atoms with E-state index in [1.165, 1.54) is 116 Å². The third-order valence-corrected chi connectivity index (χ3v) is 9.63. The zero-order chi connectivity index (χ0) is 23.3. The summed E-state index contributed by atoms with van der Waals surface area (Å²) in [7, 11) is 7.52. The van der Waals surface area contributed by atoms with E-state index in [2.05, 4.69) is 21.0 Å². The maximum absolute atomic E-state index is 5.51. The Morgan fingerprint density at radius 1 is 0.484 bits per heavy atom. The normalized spacial score (nSPS) is 12.6. The van der Waals surface area contributed by atoms with E-state index in [-0.39, 0.29) is 0 Å². The Labute approximate surface area is 197 Å². The highest BCUT2D eigenvalue weighted by atomic mass is 28.4. The summed E-state index contributed by atoms with van der Waals surface area (Å²) in [4.78, 5) is 0. The molecule has 0 heterocycles. The van der Waals surface area contributed by atoms with Gasteiger partial charge in [-0.2, -0.15) is 0 Å². The highest BCUT2D eigenvalue weighted by molar-refractivity contribution is 6.60. The number of rotatable bonds is 24. The van der Waals surface area contributed by atoms with Gasteiger partial charge in [-0.3, -0.25) is 0 Å². The van der Waals surface area contributed by atoms with Crippen molar-refractivity contribution < 1.29 is 17.8 Å². The molecular weight excluding hydrogens is 402 g/mol. The van der Waals surface area contributed by atoms with Crippen molar-refractivity contribution in [3.63, 3.8) is 0 Å². The van der Waals surface area contributed by atoms with Crippen LogP contribution in [0.2, 0.25) is 6.04 Å². The minimum Gasteiger partial charge on any atom is -0.377 e. The van der Waals surface area contributed by atoms with E-state index < -0.39 is 8.80 Å². The van der Waals surface area contributed by atoms with Crippen LogP contribution in [0, 0.1) is 0 Å². The second kappa shape index (κ2) is 20.6. The molecule has 0 rings (SSSR count). The lowest BCUT2D eigenvalue weighted by Crippen LogP contribution is -2.43. The van der Waals surface area contributed by atoms with Gasteiger partial charge in [0, 0.05) is 27.4 Å². The molecule has 0 bridgehead atoms. The van der Waals surface area contributed by atoms with E-state index in [9.17, 15) is 0 Å². The first-order valence-corrected chi connectivity index (χ1v) is 15.4. The molecule has 0 unspecified atom stereocenters. The fourth-order valence-electron chi connectivity index (χ4n) is 4.46. The van der Waals surface area contributed by atoms with Crippen molar-refractivity contribution in [3.05, 3.63) is 0 Å². The molecule has 0 amide bonds. The fourth-order valence-corrected chi connectivity index (χ4v) is 6.26. The summed E-state index contributed by atoms with van der Waals surface area (Å²) in [5, 5.41) is 0. The lowest BCUT2D eigenvalue weighted by Gasteiger charge is -2.30. The molecule has 0 aromatic carbocycles. The summed E-state index contributed by atoms with van der Waals surface area (Å²) >= 11 is 0. The van der Waals surface area contributed by atoms with Gasteiger partial charge in [0.1, 0.15) is 0 Å². The summed E-state index contributed by atoms with van der Waals surface area (Å²) in [6, 6.07) is 0.920. The quantitative estimate of drug-likeness (QED) is 0.0843. The van der Waals surface area contributed by atoms with Crippen LogP contribution in [0.4, 0.5) is 0 Å². The molecule has 0 aromatic rings. The molecule has 0 saturated carbocycles. The predicted octanol–water partition coefficient (Wildman–Crippen LogP) is 7.59. The molecule has 0 radical (unpaired) electrons. The van der Waals surface area contributed by atoms with Gasteiger partial charge in [0.25, 0.3) is 0 Å². The lowest BCUT2D eigenvalue weighted by molar-refractivity contribution is -0.890. The van der Waals surface area contributed by atoms with Gasteiger partial charge in [-0.25, -0.2) is 0 Å². The van der Waals surface area contributed by atoms with Crippen molar-refractivity contribution in [3.8, 4) is 0 Å². The Morgan fingerprint density at radius 2 is 0.806 bits per heavy atom. The molecule has 188 valence electrons. The highest BCUT2D eigenvalue weighted by Crippen LogP contribution is 2.18. The van der Waals surface area contributed by atoms with Crippen molar-refractivity contribution in [2.45, 2.75) is 122 Å². The molecule has 0 atom stereocenters. The molecule has 0 aliphatic rings. The van der Waals surface area contributed by atoms with Crippen LogP contribution in [0.1, 0.15) is 116 Å². The standard InChI is InChI=1S/C26H58NO3Si/c1-7-8-9-10-11-12-13-14-15-16-17-18-19-21-24-27(2,3)25-22-20-23-26-31(28-4,29-5)30-6/h7-26H2,1-6H3/q+1. The SMILES string of the molecule is CCCCCCCCCCCCCCCC[N+](C)(C)CCCCC[Si](OC)(OC)OC. The highest BCUT2D eigenvalue weighted by Gasteiger charge is 2.36. The summed E-state index contributed by atoms with van der Waals surface area (Å²) in [5.74, 6) is 0. The van der Waals surface area contributed by atoms with E-state index in [0.717, 1.165) is 16.9 Å². The first-order valence-electron chi connectivity index (χ1n) is 13.4. The Kier molecular flexibility index (Phi) is 20.7. The molecule has 0 fully saturated rings. The van der Waals surface area contributed by atoms with Crippen LogP contribution in [0.15, 0.2) is 0 Å².